The predicted molar refractivity (Wildman–Crippen MR) is 99.6 cm³/mol. The van der Waals surface area contributed by atoms with Crippen LogP contribution >= 0.6 is 11.6 Å². The number of aryl methyl sites for hydroxylation is 1. The lowest BCUT2D eigenvalue weighted by Crippen LogP contribution is -2.49. The van der Waals surface area contributed by atoms with Crippen LogP contribution in [0.1, 0.15) is 36.0 Å². The van der Waals surface area contributed by atoms with Crippen LogP contribution in [0.4, 0.5) is 0 Å². The molecule has 0 bridgehead atoms. The minimum absolute atomic E-state index is 0.138. The van der Waals surface area contributed by atoms with Gasteiger partial charge in [0.25, 0.3) is 5.91 Å². The standard InChI is InChI=1S/C19H22ClN3O4/c1-2-14-10-17(27-22-14)19(25)23-8-7-16(12(11-23)9-18(21)24)26-15-5-3-13(20)4-6-15/h3-6,10,12,16H,2,7-9,11H2,1H3,(H2,21,24)/t12-,16-/m0/s1. The van der Waals surface area contributed by atoms with Crippen molar-refractivity contribution < 1.29 is 18.8 Å². The van der Waals surface area contributed by atoms with Crippen molar-refractivity contribution in [1.29, 1.82) is 0 Å². The van der Waals surface area contributed by atoms with E-state index < -0.39 is 5.91 Å². The van der Waals surface area contributed by atoms with E-state index in [-0.39, 0.29) is 30.1 Å². The van der Waals surface area contributed by atoms with E-state index in [0.717, 1.165) is 5.69 Å². The first-order valence-electron chi connectivity index (χ1n) is 8.91. The van der Waals surface area contributed by atoms with Crippen LogP contribution in [0.25, 0.3) is 0 Å². The molecule has 0 saturated carbocycles. The third kappa shape index (κ3) is 4.80. The maximum Gasteiger partial charge on any atom is 0.292 e. The maximum atomic E-state index is 12.7. The Balaban J connectivity index is 1.70. The Bertz CT molecular complexity index is 806. The molecule has 144 valence electrons. The van der Waals surface area contributed by atoms with Crippen LogP contribution in [0, 0.1) is 5.92 Å². The van der Waals surface area contributed by atoms with Gasteiger partial charge in [0.2, 0.25) is 11.7 Å². The second kappa shape index (κ2) is 8.43. The lowest BCUT2D eigenvalue weighted by Gasteiger charge is -2.37. The summed E-state index contributed by atoms with van der Waals surface area (Å²) in [6.45, 7) is 2.80. The molecule has 0 aliphatic carbocycles. The van der Waals surface area contributed by atoms with Crippen molar-refractivity contribution in [1.82, 2.24) is 10.1 Å². The zero-order valence-electron chi connectivity index (χ0n) is 15.1. The molecule has 1 aliphatic heterocycles. The highest BCUT2D eigenvalue weighted by Gasteiger charge is 2.35. The van der Waals surface area contributed by atoms with Gasteiger partial charge in [-0.2, -0.15) is 0 Å². The average Bonchev–Trinajstić information content (AvgIpc) is 3.13. The molecule has 27 heavy (non-hydrogen) atoms. The monoisotopic (exact) mass is 391 g/mol. The number of rotatable bonds is 6. The van der Waals surface area contributed by atoms with Gasteiger partial charge in [-0.1, -0.05) is 23.7 Å². The fourth-order valence-corrected chi connectivity index (χ4v) is 3.35. The first kappa shape index (κ1) is 19.2. The van der Waals surface area contributed by atoms with Crippen LogP contribution < -0.4 is 10.5 Å². The fourth-order valence-electron chi connectivity index (χ4n) is 3.23. The van der Waals surface area contributed by atoms with Crippen LogP contribution in [0.2, 0.25) is 5.02 Å². The van der Waals surface area contributed by atoms with Gasteiger partial charge >= 0.3 is 0 Å². The van der Waals surface area contributed by atoms with Gasteiger partial charge in [-0.3, -0.25) is 9.59 Å². The van der Waals surface area contributed by atoms with Crippen molar-refractivity contribution >= 4 is 23.4 Å². The molecule has 2 heterocycles. The molecule has 2 atom stereocenters. The second-order valence-corrected chi connectivity index (χ2v) is 7.05. The number of amides is 2. The molecule has 1 saturated heterocycles. The number of aromatic nitrogens is 1. The number of ether oxygens (including phenoxy) is 1. The largest absolute Gasteiger partial charge is 0.490 e. The lowest BCUT2D eigenvalue weighted by molar-refractivity contribution is -0.120. The van der Waals surface area contributed by atoms with Gasteiger partial charge in [0.15, 0.2) is 0 Å². The number of nitrogens with two attached hydrogens (primary N) is 1. The molecule has 7 nitrogen and oxygen atoms in total. The van der Waals surface area contributed by atoms with E-state index in [9.17, 15) is 9.59 Å². The normalized spacial score (nSPS) is 19.7. The Labute approximate surface area is 162 Å². The Hall–Kier alpha value is -2.54. The van der Waals surface area contributed by atoms with Gasteiger partial charge in [-0.05, 0) is 30.7 Å². The number of halogens is 1. The molecule has 2 N–H and O–H groups in total. The first-order chi connectivity index (χ1) is 13.0. The number of benzene rings is 1. The smallest absolute Gasteiger partial charge is 0.292 e. The molecule has 1 aromatic heterocycles. The van der Waals surface area contributed by atoms with E-state index in [0.29, 0.717) is 36.7 Å². The second-order valence-electron chi connectivity index (χ2n) is 6.62. The number of likely N-dealkylation sites (tertiary alicyclic amines) is 1. The van der Waals surface area contributed by atoms with Crippen molar-refractivity contribution in [2.75, 3.05) is 13.1 Å². The van der Waals surface area contributed by atoms with E-state index in [2.05, 4.69) is 5.16 Å². The molecule has 2 amide bonds. The number of carbonyl (C=O) groups excluding carboxylic acids is 2. The van der Waals surface area contributed by atoms with Gasteiger partial charge in [-0.25, -0.2) is 0 Å². The minimum Gasteiger partial charge on any atom is -0.490 e. The van der Waals surface area contributed by atoms with Crippen LogP contribution in [0.15, 0.2) is 34.9 Å². The van der Waals surface area contributed by atoms with Gasteiger partial charge < -0.3 is 19.9 Å². The van der Waals surface area contributed by atoms with Gasteiger partial charge in [-0.15, -0.1) is 0 Å². The van der Waals surface area contributed by atoms with Crippen LogP contribution in [0.3, 0.4) is 0 Å². The van der Waals surface area contributed by atoms with E-state index in [4.69, 9.17) is 26.6 Å². The summed E-state index contributed by atoms with van der Waals surface area (Å²) >= 11 is 5.90. The Morgan fingerprint density at radius 1 is 1.37 bits per heavy atom. The van der Waals surface area contributed by atoms with Gasteiger partial charge in [0, 0.05) is 42.9 Å². The summed E-state index contributed by atoms with van der Waals surface area (Å²) in [4.78, 5) is 25.9. The topological polar surface area (TPSA) is 98.7 Å². The highest BCUT2D eigenvalue weighted by molar-refractivity contribution is 6.30. The Morgan fingerprint density at radius 3 is 2.74 bits per heavy atom. The quantitative estimate of drug-likeness (QED) is 0.816. The third-order valence-corrected chi connectivity index (χ3v) is 4.90. The molecule has 0 radical (unpaired) electrons. The summed E-state index contributed by atoms with van der Waals surface area (Å²) in [5.41, 5.74) is 6.14. The van der Waals surface area contributed by atoms with Crippen LogP contribution in [-0.2, 0) is 11.2 Å². The van der Waals surface area contributed by atoms with E-state index in [1.165, 1.54) is 0 Å². The molecule has 1 aromatic carbocycles. The molecule has 0 unspecified atom stereocenters. The number of piperidine rings is 1. The van der Waals surface area contributed by atoms with Crippen LogP contribution in [0.5, 0.6) is 5.75 Å². The minimum atomic E-state index is -0.424. The van der Waals surface area contributed by atoms with E-state index >= 15 is 0 Å². The number of carbonyl (C=O) groups is 2. The summed E-state index contributed by atoms with van der Waals surface area (Å²) in [5, 5.41) is 4.48. The Kier molecular flexibility index (Phi) is 6.01. The molecule has 8 heteroatoms. The van der Waals surface area contributed by atoms with Crippen molar-refractivity contribution in [3.63, 3.8) is 0 Å². The first-order valence-corrected chi connectivity index (χ1v) is 9.29. The summed E-state index contributed by atoms with van der Waals surface area (Å²) in [5.74, 6) is 0.0150. The highest BCUT2D eigenvalue weighted by Crippen LogP contribution is 2.27. The molecule has 2 aromatic rings. The number of nitrogens with zero attached hydrogens (tertiary/aromatic N) is 2. The third-order valence-electron chi connectivity index (χ3n) is 4.65. The zero-order valence-corrected chi connectivity index (χ0v) is 15.8. The average molecular weight is 392 g/mol. The summed E-state index contributed by atoms with van der Waals surface area (Å²) in [6.07, 6.45) is 1.20. The Morgan fingerprint density at radius 2 is 2.11 bits per heavy atom. The number of hydrogen-bond donors (Lipinski definition) is 1. The maximum absolute atomic E-state index is 12.7. The molecular formula is C19H22ClN3O4. The lowest BCUT2D eigenvalue weighted by atomic mass is 9.91. The highest BCUT2D eigenvalue weighted by atomic mass is 35.5. The van der Waals surface area contributed by atoms with Crippen molar-refractivity contribution in [3.05, 3.63) is 46.8 Å². The summed E-state index contributed by atoms with van der Waals surface area (Å²) in [6, 6.07) is 8.70. The molecule has 1 fully saturated rings. The van der Waals surface area contributed by atoms with Crippen molar-refractivity contribution in [2.45, 2.75) is 32.3 Å². The van der Waals surface area contributed by atoms with Gasteiger partial charge in [0.05, 0.1) is 5.69 Å². The number of hydrogen-bond acceptors (Lipinski definition) is 5. The van der Waals surface area contributed by atoms with Crippen LogP contribution in [-0.4, -0.2) is 41.1 Å². The molecular weight excluding hydrogens is 370 g/mol. The van der Waals surface area contributed by atoms with Gasteiger partial charge in [0.1, 0.15) is 11.9 Å². The van der Waals surface area contributed by atoms with Crippen molar-refractivity contribution in [2.24, 2.45) is 11.7 Å². The number of primary amides is 1. The SMILES string of the molecule is CCc1cc(C(=O)N2CC[C@H](Oc3ccc(Cl)cc3)[C@@H](CC(N)=O)C2)on1. The molecule has 1 aliphatic rings. The zero-order chi connectivity index (χ0) is 19.4. The summed E-state index contributed by atoms with van der Waals surface area (Å²) in [7, 11) is 0. The van der Waals surface area contributed by atoms with Crippen molar-refractivity contribution in [3.8, 4) is 5.75 Å². The van der Waals surface area contributed by atoms with E-state index in [1.54, 1.807) is 35.2 Å². The summed E-state index contributed by atoms with van der Waals surface area (Å²) < 4.78 is 11.2. The fraction of sp³-hybridized carbons (Fsp3) is 0.421. The molecule has 0 spiro atoms. The molecule has 3 rings (SSSR count). The van der Waals surface area contributed by atoms with E-state index in [1.807, 2.05) is 6.92 Å². The predicted octanol–water partition coefficient (Wildman–Crippen LogP) is 2.68.